The molecule has 179 valence electrons. The molecular weight excluding hydrogens is 617 g/mol. The van der Waals surface area contributed by atoms with Crippen LogP contribution in [-0.4, -0.2) is 9.97 Å². The van der Waals surface area contributed by atoms with Gasteiger partial charge in [0.15, 0.2) is 0 Å². The average Bonchev–Trinajstić information content (AvgIpc) is 2.94. The number of benzene rings is 4. The molecule has 0 unspecified atom stereocenters. The average molecular weight is 643 g/mol. The van der Waals surface area contributed by atoms with Crippen LogP contribution in [0.15, 0.2) is 116 Å². The van der Waals surface area contributed by atoms with Crippen molar-refractivity contribution in [3.8, 4) is 22.5 Å². The Morgan fingerprint density at radius 2 is 1.39 bits per heavy atom. The van der Waals surface area contributed by atoms with Crippen LogP contribution in [0.1, 0.15) is 25.3 Å². The van der Waals surface area contributed by atoms with E-state index in [0.717, 1.165) is 22.5 Å². The van der Waals surface area contributed by atoms with Crippen molar-refractivity contribution in [3.63, 3.8) is 0 Å². The molecule has 0 saturated carbocycles. The monoisotopic (exact) mass is 643 g/mol. The summed E-state index contributed by atoms with van der Waals surface area (Å²) in [6.45, 7) is 4.41. The Balaban J connectivity index is 0.000000198. The van der Waals surface area contributed by atoms with Gasteiger partial charge in [-0.2, -0.15) is 0 Å². The molecule has 2 heterocycles. The van der Waals surface area contributed by atoms with Crippen molar-refractivity contribution >= 4 is 21.5 Å². The fraction of sp³-hybridized carbons (Fsp3) is 0.0909. The van der Waals surface area contributed by atoms with E-state index in [1.54, 1.807) is 6.20 Å². The van der Waals surface area contributed by atoms with Gasteiger partial charge in [0.25, 0.3) is 0 Å². The minimum Gasteiger partial charge on any atom is -0.305 e. The second-order valence-corrected chi connectivity index (χ2v) is 8.76. The Bertz CT molecular complexity index is 1520. The zero-order chi connectivity index (χ0) is 24.0. The molecule has 0 atom stereocenters. The normalized spacial score (nSPS) is 10.5. The summed E-state index contributed by atoms with van der Waals surface area (Å²) in [5.74, 6) is 0.501. The largest absolute Gasteiger partial charge is 0.305 e. The first-order valence-corrected chi connectivity index (χ1v) is 11.9. The third-order valence-electron chi connectivity index (χ3n) is 6.05. The summed E-state index contributed by atoms with van der Waals surface area (Å²) < 4.78 is 0. The molecule has 4 aromatic carbocycles. The van der Waals surface area contributed by atoms with Crippen LogP contribution in [0.3, 0.4) is 0 Å². The van der Waals surface area contributed by atoms with E-state index in [9.17, 15) is 0 Å². The van der Waals surface area contributed by atoms with E-state index in [2.05, 4.69) is 96.6 Å². The Morgan fingerprint density at radius 1 is 0.611 bits per heavy atom. The predicted molar refractivity (Wildman–Crippen MR) is 146 cm³/mol. The van der Waals surface area contributed by atoms with Crippen LogP contribution in [0.25, 0.3) is 44.1 Å². The summed E-state index contributed by atoms with van der Waals surface area (Å²) in [4.78, 5) is 8.75. The predicted octanol–water partition coefficient (Wildman–Crippen LogP) is 8.52. The molecule has 2 nitrogen and oxygen atoms in total. The van der Waals surface area contributed by atoms with Crippen molar-refractivity contribution < 1.29 is 20.1 Å². The molecule has 0 bridgehead atoms. The summed E-state index contributed by atoms with van der Waals surface area (Å²) >= 11 is 0. The summed E-state index contributed by atoms with van der Waals surface area (Å²) in [6.07, 6.45) is 3.68. The molecule has 0 N–H and O–H groups in total. The van der Waals surface area contributed by atoms with E-state index in [1.165, 1.54) is 27.1 Å². The molecule has 2 aromatic heterocycles. The van der Waals surface area contributed by atoms with Crippen molar-refractivity contribution in [2.75, 3.05) is 0 Å². The molecule has 0 saturated heterocycles. The minimum absolute atomic E-state index is 0. The Kier molecular flexibility index (Phi) is 8.38. The number of hydrogen-bond donors (Lipinski definition) is 0. The molecule has 0 fully saturated rings. The van der Waals surface area contributed by atoms with Gasteiger partial charge >= 0.3 is 0 Å². The number of hydrogen-bond acceptors (Lipinski definition) is 2. The summed E-state index contributed by atoms with van der Waals surface area (Å²) in [7, 11) is 0. The minimum atomic E-state index is 0. The first-order valence-electron chi connectivity index (χ1n) is 11.9. The Hall–Kier alpha value is -3.65. The fourth-order valence-electron chi connectivity index (χ4n) is 4.12. The second-order valence-electron chi connectivity index (χ2n) is 8.76. The number of nitrogens with zero attached hydrogens (tertiary/aromatic N) is 2. The SMILES string of the molecule is CC(C)c1ccnc(-c2[c-]cc3c(ccc4ccccc43)c2)c1.[Ir].[c-]1ccccc1-c1ccccn1. The summed E-state index contributed by atoms with van der Waals surface area (Å²) in [5.41, 5.74) is 5.36. The zero-order valence-electron chi connectivity index (χ0n) is 20.3. The Morgan fingerprint density at radius 3 is 2.17 bits per heavy atom. The first-order chi connectivity index (χ1) is 17.2. The van der Waals surface area contributed by atoms with Crippen LogP contribution in [-0.2, 0) is 20.1 Å². The molecule has 6 aromatic rings. The van der Waals surface area contributed by atoms with Crippen molar-refractivity contribution in [1.29, 1.82) is 0 Å². The quantitative estimate of drug-likeness (QED) is 0.143. The van der Waals surface area contributed by atoms with Gasteiger partial charge in [0, 0.05) is 32.5 Å². The molecule has 0 aliphatic rings. The molecule has 0 aliphatic carbocycles. The second kappa shape index (κ2) is 11.9. The van der Waals surface area contributed by atoms with Gasteiger partial charge < -0.3 is 9.97 Å². The van der Waals surface area contributed by atoms with Gasteiger partial charge in [-0.15, -0.1) is 65.0 Å². The molecule has 3 heteroatoms. The van der Waals surface area contributed by atoms with Gasteiger partial charge in [-0.25, -0.2) is 0 Å². The van der Waals surface area contributed by atoms with E-state index < -0.39 is 0 Å². The van der Waals surface area contributed by atoms with E-state index >= 15 is 0 Å². The molecule has 1 radical (unpaired) electrons. The van der Waals surface area contributed by atoms with Gasteiger partial charge in [-0.1, -0.05) is 84.8 Å². The van der Waals surface area contributed by atoms with Crippen molar-refractivity contribution in [3.05, 3.63) is 133 Å². The maximum atomic E-state index is 4.53. The summed E-state index contributed by atoms with van der Waals surface area (Å²) in [5, 5.41) is 5.01. The molecule has 0 aliphatic heterocycles. The van der Waals surface area contributed by atoms with E-state index in [-0.39, 0.29) is 20.1 Å². The smallest absolute Gasteiger partial charge is 0.0163 e. The third-order valence-corrected chi connectivity index (χ3v) is 6.05. The molecule has 0 spiro atoms. The maximum absolute atomic E-state index is 4.53. The number of fused-ring (bicyclic) bond motifs is 3. The van der Waals surface area contributed by atoms with E-state index in [4.69, 9.17) is 0 Å². The van der Waals surface area contributed by atoms with E-state index in [0.29, 0.717) is 5.92 Å². The molecule has 0 amide bonds. The number of rotatable bonds is 3. The van der Waals surface area contributed by atoms with Crippen LogP contribution in [0, 0.1) is 12.1 Å². The van der Waals surface area contributed by atoms with Crippen LogP contribution < -0.4 is 0 Å². The maximum Gasteiger partial charge on any atom is 0.0163 e. The zero-order valence-corrected chi connectivity index (χ0v) is 22.7. The van der Waals surface area contributed by atoms with Crippen LogP contribution in [0.5, 0.6) is 0 Å². The van der Waals surface area contributed by atoms with Gasteiger partial charge in [-0.05, 0) is 34.8 Å². The van der Waals surface area contributed by atoms with Crippen LogP contribution in [0.4, 0.5) is 0 Å². The van der Waals surface area contributed by atoms with Gasteiger partial charge in [0.2, 0.25) is 0 Å². The number of pyridine rings is 2. The molecule has 6 rings (SSSR count). The van der Waals surface area contributed by atoms with E-state index in [1.807, 2.05) is 48.7 Å². The molecular formula is C33H26IrN2-2. The Labute approximate surface area is 226 Å². The first kappa shape index (κ1) is 25.4. The standard InChI is InChI=1S/C22H18N.C11H8N.Ir/c1-15(2)17-11-12-23-22(14-17)19-9-10-21-18(13-19)8-7-16-5-3-4-6-20(16)21;1-2-6-10(7-3-1)11-8-4-5-9-12-11;/h3-8,10-15H,1-2H3;1-6,8-9H;/q2*-1;. The van der Waals surface area contributed by atoms with Crippen LogP contribution >= 0.6 is 0 Å². The third kappa shape index (κ3) is 5.76. The summed E-state index contributed by atoms with van der Waals surface area (Å²) in [6, 6.07) is 41.6. The molecule has 36 heavy (non-hydrogen) atoms. The topological polar surface area (TPSA) is 25.8 Å². The van der Waals surface area contributed by atoms with Crippen LogP contribution in [0.2, 0.25) is 0 Å². The van der Waals surface area contributed by atoms with Gasteiger partial charge in [0.05, 0.1) is 0 Å². The van der Waals surface area contributed by atoms with Crippen molar-refractivity contribution in [2.24, 2.45) is 0 Å². The fourth-order valence-corrected chi connectivity index (χ4v) is 4.12. The van der Waals surface area contributed by atoms with Crippen molar-refractivity contribution in [2.45, 2.75) is 19.8 Å². The van der Waals surface area contributed by atoms with Gasteiger partial charge in [0.1, 0.15) is 0 Å². The number of aromatic nitrogens is 2. The van der Waals surface area contributed by atoms with Crippen molar-refractivity contribution in [1.82, 2.24) is 9.97 Å². The van der Waals surface area contributed by atoms with Gasteiger partial charge in [-0.3, -0.25) is 0 Å².